The van der Waals surface area contributed by atoms with Crippen molar-refractivity contribution in [3.05, 3.63) is 35.4 Å². The Balaban J connectivity index is 1.90. The highest BCUT2D eigenvalue weighted by Crippen LogP contribution is 2.05. The van der Waals surface area contributed by atoms with Crippen LogP contribution in [0.5, 0.6) is 0 Å². The molecule has 1 aromatic heterocycles. The number of benzene rings is 1. The number of carbonyl (C=O) groups is 1. The molecule has 0 aliphatic heterocycles. The Morgan fingerprint density at radius 3 is 2.61 bits per heavy atom. The highest BCUT2D eigenvalue weighted by Gasteiger charge is 2.10. The number of rotatable bonds is 5. The molecule has 2 rings (SSSR count). The standard InChI is InChI=1S/C15H20N6OS/c1-4-11-5-7-12(8-6-11)13(22)16-15(23)17-14-18-20-21(19-14)9-10(2)3/h5-8,10H,4,9H2,1-3H3,(H2,16,17,19,22,23). The Bertz CT molecular complexity index is 680. The molecule has 0 unspecified atom stereocenters. The molecular formula is C15H20N6OS. The van der Waals surface area contributed by atoms with Crippen LogP contribution in [0.15, 0.2) is 24.3 Å². The molecule has 1 aromatic carbocycles. The second-order valence-electron chi connectivity index (χ2n) is 5.52. The number of nitrogens with one attached hydrogen (secondary N) is 2. The van der Waals surface area contributed by atoms with Crippen LogP contribution in [0.3, 0.4) is 0 Å². The summed E-state index contributed by atoms with van der Waals surface area (Å²) in [5.41, 5.74) is 1.72. The summed E-state index contributed by atoms with van der Waals surface area (Å²) in [7, 11) is 0. The van der Waals surface area contributed by atoms with Crippen LogP contribution >= 0.6 is 12.2 Å². The summed E-state index contributed by atoms with van der Waals surface area (Å²) in [4.78, 5) is 13.6. The third kappa shape index (κ3) is 5.10. The zero-order valence-electron chi connectivity index (χ0n) is 13.4. The minimum absolute atomic E-state index is 0.138. The lowest BCUT2D eigenvalue weighted by Gasteiger charge is -2.07. The molecular weight excluding hydrogens is 312 g/mol. The summed E-state index contributed by atoms with van der Waals surface area (Å²) < 4.78 is 0. The van der Waals surface area contributed by atoms with Gasteiger partial charge in [-0.15, -0.1) is 5.10 Å². The molecule has 23 heavy (non-hydrogen) atoms. The van der Waals surface area contributed by atoms with E-state index in [1.807, 2.05) is 12.1 Å². The van der Waals surface area contributed by atoms with Crippen molar-refractivity contribution >= 4 is 29.2 Å². The number of hydrogen-bond acceptors (Lipinski definition) is 5. The molecule has 0 atom stereocenters. The van der Waals surface area contributed by atoms with Gasteiger partial charge in [0.1, 0.15) is 0 Å². The maximum atomic E-state index is 12.1. The fourth-order valence-corrected chi connectivity index (χ4v) is 2.08. The molecule has 8 heteroatoms. The quantitative estimate of drug-likeness (QED) is 0.815. The van der Waals surface area contributed by atoms with Gasteiger partial charge in [-0.25, -0.2) is 0 Å². The number of aryl methyl sites for hydroxylation is 1. The van der Waals surface area contributed by atoms with Crippen molar-refractivity contribution in [2.75, 3.05) is 5.32 Å². The molecule has 0 aliphatic carbocycles. The van der Waals surface area contributed by atoms with Crippen LogP contribution in [0, 0.1) is 5.92 Å². The minimum Gasteiger partial charge on any atom is -0.299 e. The maximum Gasteiger partial charge on any atom is 0.269 e. The van der Waals surface area contributed by atoms with Gasteiger partial charge in [0.15, 0.2) is 5.11 Å². The van der Waals surface area contributed by atoms with E-state index in [-0.39, 0.29) is 17.0 Å². The van der Waals surface area contributed by atoms with E-state index in [2.05, 4.69) is 46.8 Å². The van der Waals surface area contributed by atoms with Crippen LogP contribution in [0.25, 0.3) is 0 Å². The van der Waals surface area contributed by atoms with Crippen LogP contribution in [-0.2, 0) is 13.0 Å². The van der Waals surface area contributed by atoms with Crippen molar-refractivity contribution in [3.8, 4) is 0 Å². The number of nitrogens with zero attached hydrogens (tertiary/aromatic N) is 4. The second kappa shape index (κ2) is 7.77. The second-order valence-corrected chi connectivity index (χ2v) is 5.93. The molecule has 122 valence electrons. The fourth-order valence-electron chi connectivity index (χ4n) is 1.90. The third-order valence-corrected chi connectivity index (χ3v) is 3.26. The molecule has 2 N–H and O–H groups in total. The molecule has 2 aromatic rings. The van der Waals surface area contributed by atoms with Crippen molar-refractivity contribution < 1.29 is 4.79 Å². The Morgan fingerprint density at radius 2 is 2.00 bits per heavy atom. The summed E-state index contributed by atoms with van der Waals surface area (Å²) in [6, 6.07) is 7.39. The van der Waals surface area contributed by atoms with Crippen molar-refractivity contribution in [1.82, 2.24) is 25.5 Å². The van der Waals surface area contributed by atoms with E-state index in [9.17, 15) is 4.79 Å². The molecule has 7 nitrogen and oxygen atoms in total. The number of hydrogen-bond donors (Lipinski definition) is 2. The van der Waals surface area contributed by atoms with Gasteiger partial charge in [0.05, 0.1) is 6.54 Å². The topological polar surface area (TPSA) is 84.7 Å². The Kier molecular flexibility index (Phi) is 5.75. The zero-order valence-corrected chi connectivity index (χ0v) is 14.2. The number of thiocarbonyl (C=S) groups is 1. The summed E-state index contributed by atoms with van der Waals surface area (Å²) in [5.74, 6) is 0.395. The first-order valence-electron chi connectivity index (χ1n) is 7.47. The van der Waals surface area contributed by atoms with Crippen molar-refractivity contribution in [2.45, 2.75) is 33.7 Å². The van der Waals surface area contributed by atoms with E-state index in [0.717, 1.165) is 6.42 Å². The smallest absolute Gasteiger partial charge is 0.269 e. The summed E-state index contributed by atoms with van der Waals surface area (Å²) >= 11 is 5.10. The Hall–Kier alpha value is -2.35. The fraction of sp³-hybridized carbons (Fsp3) is 0.400. The first kappa shape index (κ1) is 17.0. The van der Waals surface area contributed by atoms with Gasteiger partial charge < -0.3 is 0 Å². The lowest BCUT2D eigenvalue weighted by atomic mass is 10.1. The molecule has 0 saturated heterocycles. The Labute approximate surface area is 140 Å². The molecule has 0 bridgehead atoms. The molecule has 1 heterocycles. The predicted octanol–water partition coefficient (Wildman–Crippen LogP) is 2.02. The van der Waals surface area contributed by atoms with Gasteiger partial charge in [-0.1, -0.05) is 38.0 Å². The van der Waals surface area contributed by atoms with E-state index in [0.29, 0.717) is 18.0 Å². The highest BCUT2D eigenvalue weighted by atomic mass is 32.1. The van der Waals surface area contributed by atoms with Gasteiger partial charge in [0.25, 0.3) is 11.9 Å². The first-order valence-corrected chi connectivity index (χ1v) is 7.87. The SMILES string of the molecule is CCc1ccc(C(=O)NC(=S)Nc2nnn(CC(C)C)n2)cc1. The predicted molar refractivity (Wildman–Crippen MR) is 92.2 cm³/mol. The molecule has 0 saturated carbocycles. The summed E-state index contributed by atoms with van der Waals surface area (Å²) in [6.45, 7) is 6.85. The van der Waals surface area contributed by atoms with Crippen molar-refractivity contribution in [2.24, 2.45) is 5.92 Å². The zero-order chi connectivity index (χ0) is 16.8. The monoisotopic (exact) mass is 332 g/mol. The van der Waals surface area contributed by atoms with E-state index in [1.54, 1.807) is 12.1 Å². The van der Waals surface area contributed by atoms with Crippen LogP contribution in [0.4, 0.5) is 5.95 Å². The first-order chi connectivity index (χ1) is 11.0. The van der Waals surface area contributed by atoms with Gasteiger partial charge in [-0.3, -0.25) is 15.4 Å². The maximum absolute atomic E-state index is 12.1. The van der Waals surface area contributed by atoms with Gasteiger partial charge >= 0.3 is 0 Å². The largest absolute Gasteiger partial charge is 0.299 e. The summed E-state index contributed by atoms with van der Waals surface area (Å²) in [6.07, 6.45) is 0.930. The average Bonchev–Trinajstić information content (AvgIpc) is 2.93. The number of amides is 1. The van der Waals surface area contributed by atoms with Crippen molar-refractivity contribution in [3.63, 3.8) is 0 Å². The van der Waals surface area contributed by atoms with Gasteiger partial charge in [-0.05, 0) is 47.5 Å². The van der Waals surface area contributed by atoms with Crippen LogP contribution in [0.1, 0.15) is 36.7 Å². The van der Waals surface area contributed by atoms with Gasteiger partial charge in [-0.2, -0.15) is 4.80 Å². The van der Waals surface area contributed by atoms with E-state index >= 15 is 0 Å². The van der Waals surface area contributed by atoms with Crippen molar-refractivity contribution in [1.29, 1.82) is 0 Å². The Morgan fingerprint density at radius 1 is 1.30 bits per heavy atom. The van der Waals surface area contributed by atoms with Gasteiger partial charge in [0, 0.05) is 5.56 Å². The van der Waals surface area contributed by atoms with Crippen LogP contribution < -0.4 is 10.6 Å². The molecule has 0 aliphatic rings. The minimum atomic E-state index is -0.278. The van der Waals surface area contributed by atoms with E-state index in [4.69, 9.17) is 12.2 Å². The number of tetrazole rings is 1. The van der Waals surface area contributed by atoms with Gasteiger partial charge in [0.2, 0.25) is 0 Å². The lowest BCUT2D eigenvalue weighted by Crippen LogP contribution is -2.34. The molecule has 0 spiro atoms. The number of carbonyl (C=O) groups excluding carboxylic acids is 1. The van der Waals surface area contributed by atoms with E-state index < -0.39 is 0 Å². The molecule has 0 fully saturated rings. The third-order valence-electron chi connectivity index (χ3n) is 3.06. The van der Waals surface area contributed by atoms with Crippen LogP contribution in [-0.4, -0.2) is 31.2 Å². The normalized spacial score (nSPS) is 10.6. The highest BCUT2D eigenvalue weighted by molar-refractivity contribution is 7.80. The average molecular weight is 332 g/mol. The molecule has 0 radical (unpaired) electrons. The number of aromatic nitrogens is 4. The molecule has 1 amide bonds. The van der Waals surface area contributed by atoms with Crippen LogP contribution in [0.2, 0.25) is 0 Å². The summed E-state index contributed by atoms with van der Waals surface area (Å²) in [5, 5.41) is 17.4. The van der Waals surface area contributed by atoms with E-state index in [1.165, 1.54) is 10.4 Å². The number of anilines is 1. The lowest BCUT2D eigenvalue weighted by molar-refractivity contribution is 0.0977.